The Kier molecular flexibility index (Phi) is 5.56. The van der Waals surface area contributed by atoms with Crippen molar-refractivity contribution in [3.05, 3.63) is 62.3 Å². The number of amides is 2. The summed E-state index contributed by atoms with van der Waals surface area (Å²) < 4.78 is 42.5. The highest BCUT2D eigenvalue weighted by Gasteiger charge is 2.70. The van der Waals surface area contributed by atoms with Gasteiger partial charge in [0.15, 0.2) is 5.78 Å². The summed E-state index contributed by atoms with van der Waals surface area (Å²) in [4.78, 5) is 36.3. The molecule has 1 aliphatic heterocycles. The summed E-state index contributed by atoms with van der Waals surface area (Å²) >= 11 is 0.860. The zero-order valence-electron chi connectivity index (χ0n) is 15.4. The molecule has 12 heteroatoms. The van der Waals surface area contributed by atoms with Crippen LogP contribution in [0.2, 0.25) is 0 Å². The number of hydrogen-bond donors (Lipinski definition) is 2. The smallest absolute Gasteiger partial charge is 0.363 e. The number of Topliss-reactive ketones (excluding diaryl/α,β-unsaturated/α-hetero) is 1. The third-order valence-corrected chi connectivity index (χ3v) is 5.84. The summed E-state index contributed by atoms with van der Waals surface area (Å²) in [7, 11) is 0. The number of ketones is 1. The van der Waals surface area contributed by atoms with Crippen LogP contribution in [-0.2, 0) is 0 Å². The maximum absolute atomic E-state index is 14.2. The van der Waals surface area contributed by atoms with Crippen LogP contribution in [0.3, 0.4) is 0 Å². The van der Waals surface area contributed by atoms with E-state index in [9.17, 15) is 38.0 Å². The molecule has 1 aromatic carbocycles. The Morgan fingerprint density at radius 1 is 1.33 bits per heavy atom. The fourth-order valence-electron chi connectivity index (χ4n) is 3.64. The van der Waals surface area contributed by atoms with Crippen LogP contribution >= 0.6 is 11.3 Å². The van der Waals surface area contributed by atoms with E-state index in [-0.39, 0.29) is 15.3 Å². The van der Waals surface area contributed by atoms with Crippen molar-refractivity contribution in [3.63, 3.8) is 0 Å². The van der Waals surface area contributed by atoms with Gasteiger partial charge in [0.1, 0.15) is 5.92 Å². The molecule has 30 heavy (non-hydrogen) atoms. The summed E-state index contributed by atoms with van der Waals surface area (Å²) in [5.74, 6) is -3.37. The number of rotatable bonds is 5. The van der Waals surface area contributed by atoms with Gasteiger partial charge < -0.3 is 10.4 Å². The normalized spacial score (nSPS) is 24.4. The molecule has 160 valence electrons. The summed E-state index contributed by atoms with van der Waals surface area (Å²) in [5, 5.41) is 26.1. The first-order chi connectivity index (χ1) is 14.0. The predicted molar refractivity (Wildman–Crippen MR) is 99.9 cm³/mol. The van der Waals surface area contributed by atoms with Gasteiger partial charge >= 0.3 is 12.2 Å². The highest BCUT2D eigenvalue weighted by atomic mass is 32.1. The molecule has 0 unspecified atom stereocenters. The van der Waals surface area contributed by atoms with Gasteiger partial charge in [0.05, 0.1) is 21.4 Å². The van der Waals surface area contributed by atoms with E-state index in [0.29, 0.717) is 0 Å². The maximum atomic E-state index is 14.2. The van der Waals surface area contributed by atoms with Crippen molar-refractivity contribution in [2.24, 2.45) is 5.92 Å². The molecule has 3 atom stereocenters. The van der Waals surface area contributed by atoms with Crippen LogP contribution in [0.4, 0.5) is 23.7 Å². The predicted octanol–water partition coefficient (Wildman–Crippen LogP) is 3.49. The van der Waals surface area contributed by atoms with Crippen molar-refractivity contribution in [3.8, 4) is 0 Å². The van der Waals surface area contributed by atoms with Gasteiger partial charge in [0, 0.05) is 12.6 Å². The van der Waals surface area contributed by atoms with E-state index in [0.717, 1.165) is 23.5 Å². The Morgan fingerprint density at radius 3 is 2.53 bits per heavy atom. The average molecular weight is 443 g/mol. The van der Waals surface area contributed by atoms with Gasteiger partial charge in [-0.05, 0) is 18.4 Å². The lowest BCUT2D eigenvalue weighted by Gasteiger charge is -2.50. The molecule has 8 nitrogen and oxygen atoms in total. The first kappa shape index (κ1) is 21.7. The van der Waals surface area contributed by atoms with Gasteiger partial charge in [-0.25, -0.2) is 4.79 Å². The SMILES string of the molecule is CCN1C(=O)N[C@H](c2ccccc2[N+](=O)[O-])[C@H](C(=O)c2cccs2)[C@]1(O)C(F)(F)F. The number of urea groups is 1. The van der Waals surface area contributed by atoms with E-state index in [4.69, 9.17) is 0 Å². The van der Waals surface area contributed by atoms with Gasteiger partial charge in [-0.3, -0.25) is 19.8 Å². The molecule has 2 aromatic rings. The Hall–Kier alpha value is -2.99. The molecule has 0 bridgehead atoms. The molecular weight excluding hydrogens is 427 g/mol. The highest BCUT2D eigenvalue weighted by molar-refractivity contribution is 7.12. The van der Waals surface area contributed by atoms with E-state index in [1.54, 1.807) is 0 Å². The first-order valence-corrected chi connectivity index (χ1v) is 9.60. The van der Waals surface area contributed by atoms with Crippen molar-refractivity contribution in [2.75, 3.05) is 6.54 Å². The number of nitrogens with one attached hydrogen (secondary N) is 1. The molecule has 0 spiro atoms. The van der Waals surface area contributed by atoms with Crippen LogP contribution in [0.1, 0.15) is 28.2 Å². The van der Waals surface area contributed by atoms with Gasteiger partial charge in [-0.1, -0.05) is 24.3 Å². The lowest BCUT2D eigenvalue weighted by Crippen LogP contribution is -2.73. The minimum atomic E-state index is -5.42. The van der Waals surface area contributed by atoms with Crippen molar-refractivity contribution >= 4 is 28.8 Å². The summed E-state index contributed by atoms with van der Waals surface area (Å²) in [5.41, 5.74) is -4.77. The molecule has 1 aromatic heterocycles. The summed E-state index contributed by atoms with van der Waals surface area (Å²) in [6.45, 7) is 0.661. The fraction of sp³-hybridized carbons (Fsp3) is 0.333. The number of nitro benzene ring substituents is 1. The number of thiophene rings is 1. The molecule has 1 aliphatic rings. The lowest BCUT2D eigenvalue weighted by atomic mass is 9.77. The Morgan fingerprint density at radius 2 is 2.00 bits per heavy atom. The number of carbonyl (C=O) groups excluding carboxylic acids is 2. The quantitative estimate of drug-likeness (QED) is 0.417. The summed E-state index contributed by atoms with van der Waals surface area (Å²) in [6, 6.07) is 4.48. The minimum absolute atomic E-state index is 0.0848. The van der Waals surface area contributed by atoms with E-state index >= 15 is 0 Å². The standard InChI is InChI=1S/C18H16F3N3O5S/c1-2-23-16(26)22-14(10-6-3-4-7-11(10)24(28)29)13(17(23,27)18(19,20)21)15(25)12-8-5-9-30-12/h3-9,13-14,27H,2H2,1H3,(H,22,26)/t13-,14-,17+/m1/s1. The Labute approximate surface area is 172 Å². The van der Waals surface area contributed by atoms with Crippen LogP contribution in [0, 0.1) is 16.0 Å². The highest BCUT2D eigenvalue weighted by Crippen LogP contribution is 2.49. The molecule has 0 saturated carbocycles. The van der Waals surface area contributed by atoms with Crippen LogP contribution in [0.25, 0.3) is 0 Å². The van der Waals surface area contributed by atoms with Crippen molar-refractivity contribution in [1.82, 2.24) is 10.2 Å². The number of hydrogen-bond acceptors (Lipinski definition) is 6. The molecule has 0 radical (unpaired) electrons. The Bertz CT molecular complexity index is 982. The number of carbonyl (C=O) groups is 2. The molecule has 2 N–H and O–H groups in total. The molecule has 1 saturated heterocycles. The number of benzene rings is 1. The van der Waals surface area contributed by atoms with Gasteiger partial charge in [-0.15, -0.1) is 11.3 Å². The third kappa shape index (κ3) is 3.31. The zero-order valence-corrected chi connectivity index (χ0v) is 16.2. The van der Waals surface area contributed by atoms with Crippen LogP contribution in [0.15, 0.2) is 41.8 Å². The largest absolute Gasteiger partial charge is 0.437 e. The number of para-hydroxylation sites is 1. The molecule has 1 fully saturated rings. The third-order valence-electron chi connectivity index (χ3n) is 4.95. The molecule has 2 amide bonds. The maximum Gasteiger partial charge on any atom is 0.437 e. The number of aliphatic hydroxyl groups is 1. The van der Waals surface area contributed by atoms with E-state index in [1.807, 2.05) is 0 Å². The van der Waals surface area contributed by atoms with Gasteiger partial charge in [0.2, 0.25) is 0 Å². The molecule has 3 rings (SSSR count). The van der Waals surface area contributed by atoms with E-state index in [1.165, 1.54) is 36.6 Å². The van der Waals surface area contributed by atoms with E-state index < -0.39 is 52.8 Å². The number of nitro groups is 1. The number of nitrogens with zero attached hydrogens (tertiary/aromatic N) is 2. The second-order valence-corrected chi connectivity index (χ2v) is 7.48. The topological polar surface area (TPSA) is 113 Å². The molecular formula is C18H16F3N3O5S. The number of halogens is 3. The lowest BCUT2D eigenvalue weighted by molar-refractivity contribution is -0.386. The molecule has 0 aliphatic carbocycles. The zero-order chi connectivity index (χ0) is 22.3. The minimum Gasteiger partial charge on any atom is -0.363 e. The second kappa shape index (κ2) is 7.69. The van der Waals surface area contributed by atoms with E-state index in [2.05, 4.69) is 5.32 Å². The van der Waals surface area contributed by atoms with Crippen molar-refractivity contribution < 1.29 is 32.8 Å². The van der Waals surface area contributed by atoms with Crippen LogP contribution in [0.5, 0.6) is 0 Å². The van der Waals surface area contributed by atoms with Crippen molar-refractivity contribution in [2.45, 2.75) is 24.9 Å². The first-order valence-electron chi connectivity index (χ1n) is 8.72. The number of alkyl halides is 3. The summed E-state index contributed by atoms with van der Waals surface area (Å²) in [6.07, 6.45) is -5.42. The fourth-order valence-corrected chi connectivity index (χ4v) is 4.35. The average Bonchev–Trinajstić information content (AvgIpc) is 3.21. The van der Waals surface area contributed by atoms with Crippen LogP contribution < -0.4 is 5.32 Å². The van der Waals surface area contributed by atoms with Gasteiger partial charge in [-0.2, -0.15) is 13.2 Å². The van der Waals surface area contributed by atoms with Gasteiger partial charge in [0.25, 0.3) is 11.4 Å². The van der Waals surface area contributed by atoms with Crippen LogP contribution in [-0.4, -0.2) is 45.2 Å². The second-order valence-electron chi connectivity index (χ2n) is 6.53. The molecule has 2 heterocycles. The monoisotopic (exact) mass is 443 g/mol. The Balaban J connectivity index is 2.29. The van der Waals surface area contributed by atoms with Crippen molar-refractivity contribution in [1.29, 1.82) is 0 Å².